The van der Waals surface area contributed by atoms with E-state index >= 15 is 0 Å². The molecule has 2 fully saturated rings. The Balaban J connectivity index is 0.00000370. The minimum Gasteiger partial charge on any atom is -0.508 e. The number of carbonyl (C=O) groups is 2. The first-order valence-electron chi connectivity index (χ1n) is 12.9. The van der Waals surface area contributed by atoms with Gasteiger partial charge in [0.15, 0.2) is 0 Å². The predicted octanol–water partition coefficient (Wildman–Crippen LogP) is 3.96. The normalized spacial score (nSPS) is 19.6. The first-order valence-corrected chi connectivity index (χ1v) is 12.9. The standard InChI is InChI=1S/C29H31F2N5O3.CH4/c1-33-19-28(38)35-24(13-20-7-11-25(37)12-8-20)17-34(16-22-9-10-23(30)14-26(22)31)18-27(35)36(33)29(39)32-15-21-5-3-2-4-6-21;/h2-12,14,24,27,37H,13,15-19H2,1H3,(H,32,39);1H4/t24-,27-;/m0./s1. The molecule has 3 aromatic carbocycles. The molecule has 0 unspecified atom stereocenters. The molecule has 0 bridgehead atoms. The van der Waals surface area contributed by atoms with Crippen LogP contribution in [0.4, 0.5) is 13.6 Å². The van der Waals surface area contributed by atoms with Gasteiger partial charge >= 0.3 is 6.03 Å². The maximum absolute atomic E-state index is 14.6. The quantitative estimate of drug-likeness (QED) is 0.485. The lowest BCUT2D eigenvalue weighted by molar-refractivity contribution is -0.180. The average molecular weight is 552 g/mol. The van der Waals surface area contributed by atoms with Crippen molar-refractivity contribution in [3.8, 4) is 5.75 Å². The van der Waals surface area contributed by atoms with Crippen molar-refractivity contribution in [1.82, 2.24) is 25.1 Å². The van der Waals surface area contributed by atoms with Gasteiger partial charge in [-0.1, -0.05) is 56.0 Å². The fraction of sp³-hybridized carbons (Fsp3) is 0.333. The Hall–Kier alpha value is -4.02. The van der Waals surface area contributed by atoms with E-state index in [1.165, 1.54) is 12.1 Å². The molecule has 8 nitrogen and oxygen atoms in total. The third-order valence-corrected chi connectivity index (χ3v) is 7.22. The number of rotatable bonds is 6. The smallest absolute Gasteiger partial charge is 0.334 e. The van der Waals surface area contributed by atoms with Crippen LogP contribution in [0.5, 0.6) is 5.75 Å². The molecule has 2 aliphatic heterocycles. The van der Waals surface area contributed by atoms with Crippen molar-refractivity contribution >= 4 is 11.9 Å². The monoisotopic (exact) mass is 551 g/mol. The second-order valence-electron chi connectivity index (χ2n) is 10.0. The molecule has 0 aromatic heterocycles. The van der Waals surface area contributed by atoms with Gasteiger partial charge in [0.1, 0.15) is 23.5 Å². The SMILES string of the molecule is C.CN1CC(=O)N2[C@@H](Cc3ccc(O)cc3)CN(Cc3ccc(F)cc3F)C[C@@H]2N1C(=O)NCc1ccccc1. The minimum atomic E-state index is -0.646. The Labute approximate surface area is 233 Å². The number of urea groups is 1. The van der Waals surface area contributed by atoms with Crippen LogP contribution in [0.2, 0.25) is 0 Å². The van der Waals surface area contributed by atoms with E-state index in [1.807, 2.05) is 35.2 Å². The number of carbonyl (C=O) groups excluding carboxylic acids is 2. The first-order chi connectivity index (χ1) is 18.8. The summed E-state index contributed by atoms with van der Waals surface area (Å²) in [5.74, 6) is -1.24. The third-order valence-electron chi connectivity index (χ3n) is 7.22. The summed E-state index contributed by atoms with van der Waals surface area (Å²) in [4.78, 5) is 30.6. The molecule has 0 saturated carbocycles. The van der Waals surface area contributed by atoms with Crippen molar-refractivity contribution in [1.29, 1.82) is 0 Å². The van der Waals surface area contributed by atoms with Crippen LogP contribution in [-0.2, 0) is 24.3 Å². The largest absolute Gasteiger partial charge is 0.508 e. The first kappa shape index (κ1) is 29.0. The van der Waals surface area contributed by atoms with Gasteiger partial charge in [0.05, 0.1) is 12.6 Å². The molecule has 2 heterocycles. The summed E-state index contributed by atoms with van der Waals surface area (Å²) in [5.41, 5.74) is 2.20. The van der Waals surface area contributed by atoms with Gasteiger partial charge in [-0.15, -0.1) is 0 Å². The minimum absolute atomic E-state index is 0. The Kier molecular flexibility index (Phi) is 9.01. The number of nitrogens with zero attached hydrogens (tertiary/aromatic N) is 4. The van der Waals surface area contributed by atoms with Crippen LogP contribution in [0.15, 0.2) is 72.8 Å². The molecule has 2 atom stereocenters. The summed E-state index contributed by atoms with van der Waals surface area (Å²) in [6, 6.07) is 19.2. The highest BCUT2D eigenvalue weighted by Gasteiger charge is 2.47. The summed E-state index contributed by atoms with van der Waals surface area (Å²) in [6.07, 6.45) is -0.153. The average Bonchev–Trinajstić information content (AvgIpc) is 2.90. The maximum Gasteiger partial charge on any atom is 0.334 e. The number of phenolic OH excluding ortho intramolecular Hbond substituents is 1. The lowest BCUT2D eigenvalue weighted by Gasteiger charge is -2.55. The van der Waals surface area contributed by atoms with Gasteiger partial charge in [0, 0.05) is 44.9 Å². The van der Waals surface area contributed by atoms with E-state index in [0.717, 1.165) is 17.2 Å². The number of likely N-dealkylation sites (N-methyl/N-ethyl adjacent to an activating group) is 1. The number of halogens is 2. The summed E-state index contributed by atoms with van der Waals surface area (Å²) < 4.78 is 28.1. The van der Waals surface area contributed by atoms with E-state index in [9.17, 15) is 23.5 Å². The maximum atomic E-state index is 14.6. The number of piperazine rings is 1. The molecule has 3 amide bonds. The van der Waals surface area contributed by atoms with E-state index in [4.69, 9.17) is 0 Å². The molecule has 0 spiro atoms. The number of amides is 3. The molecular weight excluding hydrogens is 516 g/mol. The number of aromatic hydroxyl groups is 1. The number of hydrazine groups is 1. The number of benzene rings is 3. The van der Waals surface area contributed by atoms with Gasteiger partial charge in [-0.3, -0.25) is 9.69 Å². The third kappa shape index (κ3) is 6.40. The highest BCUT2D eigenvalue weighted by Crippen LogP contribution is 2.28. The van der Waals surface area contributed by atoms with E-state index in [0.29, 0.717) is 25.1 Å². The predicted molar refractivity (Wildman–Crippen MR) is 148 cm³/mol. The van der Waals surface area contributed by atoms with E-state index in [1.54, 1.807) is 46.2 Å². The van der Waals surface area contributed by atoms with Crippen LogP contribution in [0, 0.1) is 11.6 Å². The molecule has 0 aliphatic carbocycles. The molecule has 2 saturated heterocycles. The second kappa shape index (κ2) is 12.4. The van der Waals surface area contributed by atoms with E-state index < -0.39 is 17.8 Å². The molecule has 5 rings (SSSR count). The van der Waals surface area contributed by atoms with Crippen molar-refractivity contribution < 1.29 is 23.5 Å². The van der Waals surface area contributed by atoms with Crippen molar-refractivity contribution in [2.75, 3.05) is 26.7 Å². The molecule has 2 aliphatic rings. The highest BCUT2D eigenvalue weighted by molar-refractivity contribution is 5.83. The zero-order chi connectivity index (χ0) is 27.5. The Bertz CT molecular complexity index is 1320. The Morgan fingerprint density at radius 1 is 1.00 bits per heavy atom. The van der Waals surface area contributed by atoms with Gasteiger partial charge in [-0.05, 0) is 35.7 Å². The molecule has 2 N–H and O–H groups in total. The molecule has 212 valence electrons. The Morgan fingerprint density at radius 3 is 2.42 bits per heavy atom. The van der Waals surface area contributed by atoms with Gasteiger partial charge in [0.25, 0.3) is 0 Å². The molecule has 10 heteroatoms. The van der Waals surface area contributed by atoms with Crippen LogP contribution >= 0.6 is 0 Å². The lowest BCUT2D eigenvalue weighted by Crippen LogP contribution is -2.74. The van der Waals surface area contributed by atoms with E-state index in [2.05, 4.69) is 5.32 Å². The molecule has 40 heavy (non-hydrogen) atoms. The van der Waals surface area contributed by atoms with Crippen molar-refractivity contribution in [3.05, 3.63) is 101 Å². The van der Waals surface area contributed by atoms with Crippen molar-refractivity contribution in [2.24, 2.45) is 0 Å². The lowest BCUT2D eigenvalue weighted by atomic mass is 9.99. The molecule has 3 aromatic rings. The fourth-order valence-corrected chi connectivity index (χ4v) is 5.40. The van der Waals surface area contributed by atoms with Crippen molar-refractivity contribution in [3.63, 3.8) is 0 Å². The number of fused-ring (bicyclic) bond motifs is 1. The Morgan fingerprint density at radius 2 is 1.73 bits per heavy atom. The van der Waals surface area contributed by atoms with Crippen LogP contribution in [-0.4, -0.2) is 75.8 Å². The van der Waals surface area contributed by atoms with Crippen LogP contribution in [0.1, 0.15) is 24.1 Å². The molecular formula is C30H35F2N5O3. The summed E-state index contributed by atoms with van der Waals surface area (Å²) >= 11 is 0. The van der Waals surface area contributed by atoms with Crippen LogP contribution in [0.3, 0.4) is 0 Å². The fourth-order valence-electron chi connectivity index (χ4n) is 5.40. The summed E-state index contributed by atoms with van der Waals surface area (Å²) in [6.45, 7) is 1.28. The zero-order valence-electron chi connectivity index (χ0n) is 21.6. The van der Waals surface area contributed by atoms with Gasteiger partial charge in [-0.25, -0.2) is 23.6 Å². The summed E-state index contributed by atoms with van der Waals surface area (Å²) in [7, 11) is 1.70. The number of phenols is 1. The highest BCUT2D eigenvalue weighted by atomic mass is 19.1. The van der Waals surface area contributed by atoms with Gasteiger partial charge in [0.2, 0.25) is 5.91 Å². The van der Waals surface area contributed by atoms with Crippen LogP contribution < -0.4 is 5.32 Å². The number of hydrogen-bond acceptors (Lipinski definition) is 5. The summed E-state index contributed by atoms with van der Waals surface area (Å²) in [5, 5.41) is 15.8. The van der Waals surface area contributed by atoms with Crippen LogP contribution in [0.25, 0.3) is 0 Å². The van der Waals surface area contributed by atoms with Crippen molar-refractivity contribution in [2.45, 2.75) is 39.1 Å². The van der Waals surface area contributed by atoms with Gasteiger partial charge < -0.3 is 15.3 Å². The second-order valence-corrected chi connectivity index (χ2v) is 10.0. The number of hydrogen-bond donors (Lipinski definition) is 2. The van der Waals surface area contributed by atoms with Gasteiger partial charge in [-0.2, -0.15) is 0 Å². The zero-order valence-corrected chi connectivity index (χ0v) is 21.6. The van der Waals surface area contributed by atoms with E-state index in [-0.39, 0.29) is 50.8 Å². The molecule has 0 radical (unpaired) electrons. The number of nitrogens with one attached hydrogen (secondary N) is 1. The topological polar surface area (TPSA) is 79.4 Å².